The van der Waals surface area contributed by atoms with Gasteiger partial charge in [-0.2, -0.15) is 0 Å². The van der Waals surface area contributed by atoms with Crippen molar-refractivity contribution in [2.24, 2.45) is 0 Å². The summed E-state index contributed by atoms with van der Waals surface area (Å²) in [6.07, 6.45) is 12.5. The molecule has 1 aliphatic heterocycles. The number of allylic oxidation sites excluding steroid dienone is 7. The second-order valence-electron chi connectivity index (χ2n) is 5.71. The molecule has 1 aliphatic rings. The Morgan fingerprint density at radius 2 is 1.73 bits per heavy atom. The minimum absolute atomic E-state index is 0.115. The highest BCUT2D eigenvalue weighted by Crippen LogP contribution is 2.32. The second kappa shape index (κ2) is 9.30. The first-order valence-corrected chi connectivity index (χ1v) is 11.1. The Labute approximate surface area is 166 Å². The molecular weight excluding hydrogens is 429 g/mol. The summed E-state index contributed by atoms with van der Waals surface area (Å²) in [5.74, 6) is 0. The van der Waals surface area contributed by atoms with Crippen LogP contribution < -0.4 is 4.90 Å². The van der Waals surface area contributed by atoms with Crippen molar-refractivity contribution in [3.05, 3.63) is 113 Å². The van der Waals surface area contributed by atoms with Crippen LogP contribution in [0.5, 0.6) is 0 Å². The minimum Gasteiger partial charge on any atom is -0.311 e. The van der Waals surface area contributed by atoms with E-state index in [1.807, 2.05) is 31.2 Å². The van der Waals surface area contributed by atoms with Crippen LogP contribution in [-0.4, -0.2) is 4.01 Å². The topological polar surface area (TPSA) is 3.24 Å². The van der Waals surface area contributed by atoms with Gasteiger partial charge in [-0.25, -0.2) is 0 Å². The quantitative estimate of drug-likeness (QED) is 0.333. The highest BCUT2D eigenvalue weighted by molar-refractivity contribution is 14.2. The van der Waals surface area contributed by atoms with E-state index in [1.54, 1.807) is 0 Å². The van der Waals surface area contributed by atoms with Crippen molar-refractivity contribution in [1.29, 1.82) is 0 Å². The van der Waals surface area contributed by atoms with Gasteiger partial charge in [0.15, 0.2) is 0 Å². The Kier molecular flexibility index (Phi) is 6.56. The van der Waals surface area contributed by atoms with Crippen LogP contribution in [0.15, 0.2) is 107 Å². The molecule has 130 valence electrons. The molecule has 0 N–H and O–H groups in total. The predicted octanol–water partition coefficient (Wildman–Crippen LogP) is 7.15. The van der Waals surface area contributed by atoms with Crippen molar-refractivity contribution < 1.29 is 0 Å². The minimum atomic E-state index is 0.115. The van der Waals surface area contributed by atoms with Gasteiger partial charge in [-0.1, -0.05) is 69.8 Å². The molecule has 3 rings (SSSR count). The monoisotopic (exact) mass is 451 g/mol. The number of hydrogen-bond donors (Lipinski definition) is 0. The molecule has 0 amide bonds. The summed E-state index contributed by atoms with van der Waals surface area (Å²) in [6.45, 7) is 6.03. The van der Waals surface area contributed by atoms with E-state index in [1.165, 1.54) is 11.1 Å². The molecule has 0 atom stereocenters. The van der Waals surface area contributed by atoms with Gasteiger partial charge in [0.2, 0.25) is 0 Å². The Bertz CT molecular complexity index is 897. The molecule has 2 aromatic carbocycles. The maximum Gasteiger partial charge on any atom is 0.0462 e. The SMILES string of the molecule is C=C/C(=C\C=C/C)N(c1ccccc1)c1ccc(C2=CC=IC=C2)cc1. The van der Waals surface area contributed by atoms with Crippen molar-refractivity contribution >= 4 is 41.7 Å². The zero-order valence-corrected chi connectivity index (χ0v) is 17.0. The van der Waals surface area contributed by atoms with Gasteiger partial charge < -0.3 is 4.90 Å². The predicted molar refractivity (Wildman–Crippen MR) is 125 cm³/mol. The van der Waals surface area contributed by atoms with E-state index in [2.05, 4.69) is 86.3 Å². The number of hydrogen-bond acceptors (Lipinski definition) is 1. The molecule has 0 fully saturated rings. The summed E-state index contributed by atoms with van der Waals surface area (Å²) in [4.78, 5) is 2.22. The Morgan fingerprint density at radius 1 is 1.00 bits per heavy atom. The molecule has 0 unspecified atom stereocenters. The van der Waals surface area contributed by atoms with E-state index in [0.717, 1.165) is 17.1 Å². The third kappa shape index (κ3) is 4.38. The lowest BCUT2D eigenvalue weighted by Crippen LogP contribution is -2.14. The highest BCUT2D eigenvalue weighted by atomic mass is 127. The summed E-state index contributed by atoms with van der Waals surface area (Å²) in [5, 5.41) is 0. The maximum absolute atomic E-state index is 4.01. The van der Waals surface area contributed by atoms with Crippen LogP contribution in [0.25, 0.3) is 5.57 Å². The van der Waals surface area contributed by atoms with Gasteiger partial charge in [-0.15, -0.1) is 0 Å². The summed E-state index contributed by atoms with van der Waals surface area (Å²) >= 11 is 0.115. The lowest BCUT2D eigenvalue weighted by molar-refractivity contribution is 1.21. The fraction of sp³-hybridized carbons (Fsp3) is 0.0417. The van der Waals surface area contributed by atoms with Crippen molar-refractivity contribution in [3.8, 4) is 0 Å². The normalized spacial score (nSPS) is 14.0. The first-order valence-electron chi connectivity index (χ1n) is 8.56. The van der Waals surface area contributed by atoms with Gasteiger partial charge in [0.1, 0.15) is 0 Å². The lowest BCUT2D eigenvalue weighted by atomic mass is 10.0. The number of benzene rings is 2. The van der Waals surface area contributed by atoms with Gasteiger partial charge in [-0.3, -0.25) is 0 Å². The fourth-order valence-electron chi connectivity index (χ4n) is 2.75. The Hall–Kier alpha value is -2.46. The molecule has 0 aromatic heterocycles. The van der Waals surface area contributed by atoms with Crippen LogP contribution in [0.2, 0.25) is 0 Å². The lowest BCUT2D eigenvalue weighted by Gasteiger charge is -2.26. The molecule has 2 heteroatoms. The number of nitrogens with zero attached hydrogens (tertiary/aromatic N) is 1. The van der Waals surface area contributed by atoms with Gasteiger partial charge in [0.05, 0.1) is 0 Å². The molecule has 0 radical (unpaired) electrons. The van der Waals surface area contributed by atoms with Crippen LogP contribution in [0.3, 0.4) is 0 Å². The maximum atomic E-state index is 4.01. The van der Waals surface area contributed by atoms with E-state index in [9.17, 15) is 0 Å². The highest BCUT2D eigenvalue weighted by Gasteiger charge is 2.12. The van der Waals surface area contributed by atoms with Gasteiger partial charge >= 0.3 is 0 Å². The first-order chi connectivity index (χ1) is 12.8. The fourth-order valence-corrected chi connectivity index (χ4v) is 4.18. The van der Waals surface area contributed by atoms with Gasteiger partial charge in [0.25, 0.3) is 0 Å². The molecule has 0 saturated carbocycles. The average Bonchev–Trinajstić information content (AvgIpc) is 2.72. The summed E-state index contributed by atoms with van der Waals surface area (Å²) in [7, 11) is 0. The second-order valence-corrected chi connectivity index (χ2v) is 7.86. The molecule has 0 saturated heterocycles. The molecule has 26 heavy (non-hydrogen) atoms. The number of halogens is 1. The molecule has 1 heterocycles. The van der Waals surface area contributed by atoms with E-state index in [-0.39, 0.29) is 20.7 Å². The zero-order valence-electron chi connectivity index (χ0n) is 14.8. The van der Waals surface area contributed by atoms with E-state index in [4.69, 9.17) is 0 Å². The van der Waals surface area contributed by atoms with E-state index < -0.39 is 0 Å². The molecule has 0 spiro atoms. The van der Waals surface area contributed by atoms with Crippen molar-refractivity contribution in [3.63, 3.8) is 0 Å². The summed E-state index contributed by atoms with van der Waals surface area (Å²) in [5.41, 5.74) is 5.80. The van der Waals surface area contributed by atoms with Crippen LogP contribution >= 0.6 is 20.7 Å². The third-order valence-electron chi connectivity index (χ3n) is 4.03. The molecule has 0 bridgehead atoms. The largest absolute Gasteiger partial charge is 0.311 e. The number of rotatable bonds is 6. The summed E-state index contributed by atoms with van der Waals surface area (Å²) in [6, 6.07) is 19.1. The van der Waals surface area contributed by atoms with Crippen molar-refractivity contribution in [1.82, 2.24) is 0 Å². The zero-order chi connectivity index (χ0) is 18.2. The van der Waals surface area contributed by atoms with Gasteiger partial charge in [-0.05, 0) is 74.7 Å². The van der Waals surface area contributed by atoms with Crippen molar-refractivity contribution in [2.75, 3.05) is 4.90 Å². The summed E-state index contributed by atoms with van der Waals surface area (Å²) < 4.78 is 4.60. The van der Waals surface area contributed by atoms with Crippen LogP contribution in [0, 0.1) is 0 Å². The molecule has 1 nitrogen and oxygen atoms in total. The standard InChI is InChI=1S/C24H22IN/c1-3-5-9-22(4-2)26(23-10-7-6-8-11-23)24-14-12-20(13-15-24)21-16-18-25-19-17-21/h3-19H,2H2,1H3/b5-3-,22-9+. The number of para-hydroxylation sites is 1. The molecule has 2 aromatic rings. The average molecular weight is 451 g/mol. The van der Waals surface area contributed by atoms with E-state index >= 15 is 0 Å². The third-order valence-corrected chi connectivity index (χ3v) is 5.58. The number of anilines is 2. The smallest absolute Gasteiger partial charge is 0.0462 e. The van der Waals surface area contributed by atoms with Crippen LogP contribution in [0.4, 0.5) is 11.4 Å². The van der Waals surface area contributed by atoms with E-state index in [0.29, 0.717) is 0 Å². The van der Waals surface area contributed by atoms with Crippen molar-refractivity contribution in [2.45, 2.75) is 6.92 Å². The van der Waals surface area contributed by atoms with Gasteiger partial charge in [0, 0.05) is 17.1 Å². The Morgan fingerprint density at radius 3 is 2.35 bits per heavy atom. The molecular formula is C24H22IN. The first kappa shape index (κ1) is 18.3. The van der Waals surface area contributed by atoms with Crippen LogP contribution in [0.1, 0.15) is 12.5 Å². The molecule has 0 aliphatic carbocycles. The Balaban J connectivity index is 2.02. The van der Waals surface area contributed by atoms with Crippen LogP contribution in [-0.2, 0) is 0 Å².